The Labute approximate surface area is 199 Å². The van der Waals surface area contributed by atoms with Crippen LogP contribution < -0.4 is 10.6 Å². The molecule has 0 radical (unpaired) electrons. The summed E-state index contributed by atoms with van der Waals surface area (Å²) in [5, 5.41) is 14.1. The summed E-state index contributed by atoms with van der Waals surface area (Å²) in [5.41, 5.74) is 0.733. The van der Waals surface area contributed by atoms with Crippen LogP contribution in [0.15, 0.2) is 47.3 Å². The van der Waals surface area contributed by atoms with Gasteiger partial charge in [0.25, 0.3) is 11.8 Å². The Kier molecular flexibility index (Phi) is 6.14. The van der Waals surface area contributed by atoms with E-state index in [1.807, 2.05) is 0 Å². The number of carbonyl (C=O) groups excluding carboxylic acids is 2. The van der Waals surface area contributed by atoms with Crippen LogP contribution in [0.25, 0.3) is 11.3 Å². The second-order valence-corrected chi connectivity index (χ2v) is 7.92. The van der Waals surface area contributed by atoms with Gasteiger partial charge >= 0.3 is 0 Å². The first-order valence-corrected chi connectivity index (χ1v) is 10.5. The first kappa shape index (κ1) is 21.8. The van der Waals surface area contributed by atoms with Crippen molar-refractivity contribution < 1.29 is 9.59 Å². The molecule has 9 nitrogen and oxygen atoms in total. The van der Waals surface area contributed by atoms with Crippen molar-refractivity contribution in [2.75, 3.05) is 11.9 Å². The minimum atomic E-state index is -0.607. The molecule has 0 aliphatic rings. The van der Waals surface area contributed by atoms with E-state index in [2.05, 4.69) is 47.7 Å². The van der Waals surface area contributed by atoms with Crippen molar-refractivity contribution in [1.82, 2.24) is 29.7 Å². The number of anilines is 1. The van der Waals surface area contributed by atoms with Crippen molar-refractivity contribution in [3.8, 4) is 18.2 Å². The van der Waals surface area contributed by atoms with Crippen LogP contribution >= 0.6 is 39.1 Å². The highest BCUT2D eigenvalue weighted by molar-refractivity contribution is 9.10. The quantitative estimate of drug-likeness (QED) is 0.382. The van der Waals surface area contributed by atoms with Gasteiger partial charge in [0.2, 0.25) is 0 Å². The maximum absolute atomic E-state index is 13.2. The van der Waals surface area contributed by atoms with Crippen LogP contribution in [0.1, 0.15) is 21.0 Å². The van der Waals surface area contributed by atoms with Crippen molar-refractivity contribution in [2.24, 2.45) is 0 Å². The van der Waals surface area contributed by atoms with Crippen LogP contribution in [0.4, 0.5) is 5.69 Å². The molecule has 0 spiro atoms. The Morgan fingerprint density at radius 3 is 2.72 bits per heavy atom. The summed E-state index contributed by atoms with van der Waals surface area (Å²) in [5.74, 6) is 1.42. The number of amides is 2. The molecule has 0 unspecified atom stereocenters. The average molecular weight is 533 g/mol. The lowest BCUT2D eigenvalue weighted by Crippen LogP contribution is -2.28. The number of hydrogen-bond donors (Lipinski definition) is 2. The third kappa shape index (κ3) is 4.05. The van der Waals surface area contributed by atoms with E-state index < -0.39 is 11.8 Å². The molecule has 4 aromatic heterocycles. The predicted octanol–water partition coefficient (Wildman–Crippen LogP) is 3.60. The molecule has 0 fully saturated rings. The number of halogens is 3. The lowest BCUT2D eigenvalue weighted by atomic mass is 10.2. The normalized spacial score (nSPS) is 10.7. The average Bonchev–Trinajstić information content (AvgIpc) is 3.38. The Bertz CT molecular complexity index is 1410. The first-order chi connectivity index (χ1) is 15.4. The largest absolute Gasteiger partial charge is 0.340 e. The molecule has 0 atom stereocenters. The van der Waals surface area contributed by atoms with E-state index in [1.165, 1.54) is 27.7 Å². The summed E-state index contributed by atoms with van der Waals surface area (Å²) >= 11 is 15.9. The van der Waals surface area contributed by atoms with E-state index in [0.29, 0.717) is 15.1 Å². The fourth-order valence-electron chi connectivity index (χ4n) is 2.96. The van der Waals surface area contributed by atoms with Gasteiger partial charge in [-0.15, -0.1) is 6.42 Å². The molecule has 0 saturated carbocycles. The first-order valence-electron chi connectivity index (χ1n) is 8.96. The zero-order valence-corrected chi connectivity index (χ0v) is 19.1. The highest BCUT2D eigenvalue weighted by Gasteiger charge is 2.24. The zero-order chi connectivity index (χ0) is 22.8. The van der Waals surface area contributed by atoms with E-state index in [4.69, 9.17) is 29.6 Å². The van der Waals surface area contributed by atoms with Crippen LogP contribution in [-0.2, 0) is 0 Å². The molecule has 0 aliphatic heterocycles. The Morgan fingerprint density at radius 2 is 1.97 bits per heavy atom. The maximum Gasteiger partial charge on any atom is 0.274 e. The summed E-state index contributed by atoms with van der Waals surface area (Å²) in [6, 6.07) is 8.01. The van der Waals surface area contributed by atoms with E-state index in [9.17, 15) is 9.59 Å². The second-order valence-electron chi connectivity index (χ2n) is 6.30. The summed E-state index contributed by atoms with van der Waals surface area (Å²) in [4.78, 5) is 30.2. The molecule has 0 aliphatic carbocycles. The van der Waals surface area contributed by atoms with E-state index in [1.54, 1.807) is 24.3 Å². The van der Waals surface area contributed by atoms with Crippen LogP contribution in [0.3, 0.4) is 0 Å². The smallest absolute Gasteiger partial charge is 0.274 e. The minimum absolute atomic E-state index is 0.0145. The lowest BCUT2D eigenvalue weighted by molar-refractivity contribution is 0.0952. The summed E-state index contributed by atoms with van der Waals surface area (Å²) < 4.78 is 3.01. The highest BCUT2D eigenvalue weighted by Crippen LogP contribution is 2.30. The summed E-state index contributed by atoms with van der Waals surface area (Å²) in [6.07, 6.45) is 8.27. The molecule has 4 aromatic rings. The van der Waals surface area contributed by atoms with Crippen molar-refractivity contribution in [3.63, 3.8) is 0 Å². The SMILES string of the molecule is C#CCNC(=O)c1c(NC(=O)c2cc(Br)nn2-c2ncccc2Cl)c(Cl)cc2ccnn12. The molecule has 4 heterocycles. The van der Waals surface area contributed by atoms with Crippen molar-refractivity contribution in [3.05, 3.63) is 68.8 Å². The number of nitrogens with zero attached hydrogens (tertiary/aromatic N) is 5. The number of rotatable bonds is 5. The molecule has 0 saturated heterocycles. The molecular formula is C20H12BrCl2N7O2. The molecule has 32 heavy (non-hydrogen) atoms. The van der Waals surface area contributed by atoms with Gasteiger partial charge < -0.3 is 10.6 Å². The van der Waals surface area contributed by atoms with Crippen LogP contribution in [0.2, 0.25) is 10.0 Å². The number of hydrogen-bond acceptors (Lipinski definition) is 5. The van der Waals surface area contributed by atoms with Gasteiger partial charge in [0.05, 0.1) is 34.0 Å². The van der Waals surface area contributed by atoms with Gasteiger partial charge in [-0.3, -0.25) is 9.59 Å². The minimum Gasteiger partial charge on any atom is -0.340 e. The molecule has 2 N–H and O–H groups in total. The Hall–Kier alpha value is -3.39. The van der Waals surface area contributed by atoms with Gasteiger partial charge in [0.15, 0.2) is 11.5 Å². The van der Waals surface area contributed by atoms with Crippen LogP contribution in [-0.4, -0.2) is 42.7 Å². The van der Waals surface area contributed by atoms with Gasteiger partial charge in [-0.1, -0.05) is 29.1 Å². The molecule has 4 rings (SSSR count). The number of aromatic nitrogens is 5. The van der Waals surface area contributed by atoms with Gasteiger partial charge in [-0.25, -0.2) is 14.2 Å². The predicted molar refractivity (Wildman–Crippen MR) is 123 cm³/mol. The standard InChI is InChI=1S/C20H12BrCl2N7O2/c1-2-6-25-20(32)17-16(13(23)9-11-5-8-26-29(11)17)27-19(31)14-10-15(21)28-30(14)18-12(22)4-3-7-24-18/h1,3-5,7-10H,6H2,(H,25,32)(H,27,31). The molecule has 0 aromatic carbocycles. The van der Waals surface area contributed by atoms with Crippen LogP contribution in [0, 0.1) is 12.3 Å². The van der Waals surface area contributed by atoms with Gasteiger partial charge in [-0.2, -0.15) is 10.2 Å². The monoisotopic (exact) mass is 531 g/mol. The number of carbonyl (C=O) groups is 2. The topological polar surface area (TPSA) is 106 Å². The van der Waals surface area contributed by atoms with Gasteiger partial charge in [0, 0.05) is 12.3 Å². The molecule has 12 heteroatoms. The summed E-state index contributed by atoms with van der Waals surface area (Å²) in [6.45, 7) is -0.0145. The van der Waals surface area contributed by atoms with E-state index in [0.717, 1.165) is 0 Å². The Balaban J connectivity index is 1.79. The third-order valence-corrected chi connectivity index (χ3v) is 5.27. The lowest BCUT2D eigenvalue weighted by Gasteiger charge is -2.15. The molecular weight excluding hydrogens is 521 g/mol. The number of pyridine rings is 2. The number of nitrogens with one attached hydrogen (secondary N) is 2. The number of fused-ring (bicyclic) bond motifs is 1. The summed E-state index contributed by atoms with van der Waals surface area (Å²) in [7, 11) is 0. The molecule has 0 bridgehead atoms. The van der Waals surface area contributed by atoms with Crippen molar-refractivity contribution >= 4 is 62.2 Å². The van der Waals surface area contributed by atoms with E-state index >= 15 is 0 Å². The fraction of sp³-hybridized carbons (Fsp3) is 0.0500. The molecule has 2 amide bonds. The van der Waals surface area contributed by atoms with E-state index in [-0.39, 0.29) is 34.5 Å². The van der Waals surface area contributed by atoms with Crippen molar-refractivity contribution in [1.29, 1.82) is 0 Å². The zero-order valence-electron chi connectivity index (χ0n) is 16.0. The second kappa shape index (κ2) is 9.00. The van der Waals surface area contributed by atoms with Crippen LogP contribution in [0.5, 0.6) is 0 Å². The molecule has 160 valence electrons. The fourth-order valence-corrected chi connectivity index (χ4v) is 3.79. The number of terminal acetylenes is 1. The Morgan fingerprint density at radius 1 is 1.16 bits per heavy atom. The highest BCUT2D eigenvalue weighted by atomic mass is 79.9. The van der Waals surface area contributed by atoms with Gasteiger partial charge in [0.1, 0.15) is 10.3 Å². The third-order valence-electron chi connectivity index (χ3n) is 4.29. The maximum atomic E-state index is 13.2. The van der Waals surface area contributed by atoms with Crippen molar-refractivity contribution in [2.45, 2.75) is 0 Å². The van der Waals surface area contributed by atoms with Gasteiger partial charge in [-0.05, 0) is 40.2 Å².